The maximum Gasteiger partial charge on any atom is 0.270 e. The Kier molecular flexibility index (Phi) is 4.50. The fourth-order valence-electron chi connectivity index (χ4n) is 1.51. The molecule has 0 bridgehead atoms. The molecular formula is C12H7ClIN3OS. The quantitative estimate of drug-likeness (QED) is 0.475. The van der Waals surface area contributed by atoms with E-state index in [1.54, 1.807) is 18.4 Å². The molecular weight excluding hydrogens is 397 g/mol. The zero-order chi connectivity index (χ0) is 14.0. The van der Waals surface area contributed by atoms with Gasteiger partial charge in [-0.2, -0.15) is 5.26 Å². The van der Waals surface area contributed by atoms with Gasteiger partial charge in [0.1, 0.15) is 11.6 Å². The van der Waals surface area contributed by atoms with Gasteiger partial charge in [-0.3, -0.25) is 4.79 Å². The minimum absolute atomic E-state index is 0.00456. The lowest BCUT2D eigenvalue weighted by atomic mass is 10.1. The molecule has 0 aliphatic rings. The van der Waals surface area contributed by atoms with Gasteiger partial charge in [-0.1, -0.05) is 29.4 Å². The Hall–Kier alpha value is -1.04. The molecule has 0 aliphatic carbocycles. The van der Waals surface area contributed by atoms with Crippen LogP contribution < -0.4 is 5.56 Å². The molecule has 0 fully saturated rings. The molecule has 0 atom stereocenters. The Bertz CT molecular complexity index is 739. The molecule has 1 aromatic heterocycles. The molecule has 0 saturated heterocycles. The maximum absolute atomic E-state index is 11.8. The summed E-state index contributed by atoms with van der Waals surface area (Å²) in [6.45, 7) is 0. The van der Waals surface area contributed by atoms with Crippen molar-refractivity contribution in [1.82, 2.24) is 9.97 Å². The Labute approximate surface area is 132 Å². The number of hydrogen-bond acceptors (Lipinski definition) is 4. The Morgan fingerprint density at radius 1 is 1.53 bits per heavy atom. The summed E-state index contributed by atoms with van der Waals surface area (Å²) in [6, 6.07) is 7.20. The molecule has 0 saturated carbocycles. The highest BCUT2D eigenvalue weighted by atomic mass is 127. The van der Waals surface area contributed by atoms with E-state index in [4.69, 9.17) is 16.9 Å². The summed E-state index contributed by atoms with van der Waals surface area (Å²) in [6.07, 6.45) is 1.80. The summed E-state index contributed by atoms with van der Waals surface area (Å²) in [5, 5.41) is 10.1. The smallest absolute Gasteiger partial charge is 0.270 e. The molecule has 96 valence electrons. The van der Waals surface area contributed by atoms with E-state index in [0.717, 1.165) is 3.57 Å². The van der Waals surface area contributed by atoms with Crippen LogP contribution in [0.15, 0.2) is 28.2 Å². The van der Waals surface area contributed by atoms with E-state index in [-0.39, 0.29) is 5.56 Å². The third-order valence-electron chi connectivity index (χ3n) is 2.40. The van der Waals surface area contributed by atoms with Crippen LogP contribution in [-0.2, 0) is 0 Å². The van der Waals surface area contributed by atoms with E-state index in [0.29, 0.717) is 21.4 Å². The van der Waals surface area contributed by atoms with Crippen molar-refractivity contribution in [3.05, 3.63) is 42.7 Å². The molecule has 0 unspecified atom stereocenters. The van der Waals surface area contributed by atoms with Crippen LogP contribution in [0.2, 0.25) is 5.02 Å². The summed E-state index contributed by atoms with van der Waals surface area (Å²) in [4.78, 5) is 18.6. The first-order valence-corrected chi connectivity index (χ1v) is 7.78. The average molecular weight is 404 g/mol. The van der Waals surface area contributed by atoms with Gasteiger partial charge in [-0.15, -0.1) is 0 Å². The van der Waals surface area contributed by atoms with Crippen LogP contribution in [0.1, 0.15) is 5.56 Å². The van der Waals surface area contributed by atoms with Crippen molar-refractivity contribution >= 4 is 46.0 Å². The molecule has 1 heterocycles. The van der Waals surface area contributed by atoms with Crippen molar-refractivity contribution in [1.29, 1.82) is 5.26 Å². The molecule has 0 amide bonds. The van der Waals surface area contributed by atoms with E-state index in [1.165, 1.54) is 11.8 Å². The predicted octanol–water partition coefficient (Wildman–Crippen LogP) is 3.29. The van der Waals surface area contributed by atoms with Crippen molar-refractivity contribution in [2.24, 2.45) is 0 Å². The van der Waals surface area contributed by atoms with Gasteiger partial charge < -0.3 is 4.98 Å². The number of hydrogen-bond donors (Lipinski definition) is 1. The predicted molar refractivity (Wildman–Crippen MR) is 84.5 cm³/mol. The van der Waals surface area contributed by atoms with Crippen LogP contribution in [0.25, 0.3) is 11.3 Å². The minimum atomic E-state index is -0.438. The number of aromatic nitrogens is 2. The van der Waals surface area contributed by atoms with Crippen molar-refractivity contribution in [2.45, 2.75) is 5.16 Å². The number of rotatable bonds is 2. The van der Waals surface area contributed by atoms with Crippen LogP contribution in [0.3, 0.4) is 0 Å². The topological polar surface area (TPSA) is 69.5 Å². The van der Waals surface area contributed by atoms with E-state index in [2.05, 4.69) is 32.6 Å². The van der Waals surface area contributed by atoms with Gasteiger partial charge in [0, 0.05) is 9.13 Å². The summed E-state index contributed by atoms with van der Waals surface area (Å²) in [5.41, 5.74) is 0.568. The van der Waals surface area contributed by atoms with Crippen LogP contribution >= 0.6 is 46.0 Å². The third-order valence-corrected chi connectivity index (χ3v) is 4.55. The molecule has 0 radical (unpaired) electrons. The first kappa shape index (κ1) is 14.4. The summed E-state index contributed by atoms with van der Waals surface area (Å²) in [7, 11) is 0. The number of aromatic amines is 1. The second-order valence-corrected chi connectivity index (χ2v) is 5.90. The van der Waals surface area contributed by atoms with Gasteiger partial charge in [0.25, 0.3) is 5.56 Å². The highest BCUT2D eigenvalue weighted by Crippen LogP contribution is 2.27. The number of halogens is 2. The maximum atomic E-state index is 11.8. The minimum Gasteiger partial charge on any atom is -0.300 e. The Morgan fingerprint density at radius 2 is 2.26 bits per heavy atom. The number of thioether (sulfide) groups is 1. The highest BCUT2D eigenvalue weighted by molar-refractivity contribution is 14.1. The Morgan fingerprint density at radius 3 is 2.84 bits per heavy atom. The molecule has 0 aliphatic heterocycles. The molecule has 7 heteroatoms. The van der Waals surface area contributed by atoms with Gasteiger partial charge in [0.05, 0.1) is 10.7 Å². The fraction of sp³-hybridized carbons (Fsp3) is 0.0833. The number of benzene rings is 1. The molecule has 1 N–H and O–H groups in total. The largest absolute Gasteiger partial charge is 0.300 e. The highest BCUT2D eigenvalue weighted by Gasteiger charge is 2.13. The van der Waals surface area contributed by atoms with Crippen molar-refractivity contribution in [3.63, 3.8) is 0 Å². The zero-order valence-corrected chi connectivity index (χ0v) is 13.4. The van der Waals surface area contributed by atoms with Crippen molar-refractivity contribution in [3.8, 4) is 17.3 Å². The molecule has 2 rings (SSSR count). The SMILES string of the molecule is CSc1nc(-c2ccc(I)c(Cl)c2)c(C#N)c(=O)[nH]1. The van der Waals surface area contributed by atoms with Crippen LogP contribution in [0, 0.1) is 14.9 Å². The average Bonchev–Trinajstić information content (AvgIpc) is 2.41. The third kappa shape index (κ3) is 2.94. The number of nitriles is 1. The molecule has 1 aromatic carbocycles. The molecule has 0 spiro atoms. The van der Waals surface area contributed by atoms with Gasteiger partial charge in [0.2, 0.25) is 0 Å². The first-order valence-electron chi connectivity index (χ1n) is 5.10. The van der Waals surface area contributed by atoms with E-state index in [1.807, 2.05) is 12.1 Å². The summed E-state index contributed by atoms with van der Waals surface area (Å²) < 4.78 is 0.899. The van der Waals surface area contributed by atoms with Crippen LogP contribution in [0.5, 0.6) is 0 Å². The van der Waals surface area contributed by atoms with Gasteiger partial charge in [0.15, 0.2) is 5.16 Å². The lowest BCUT2D eigenvalue weighted by Gasteiger charge is -2.06. The first-order chi connectivity index (χ1) is 9.06. The number of H-pyrrole nitrogens is 1. The second-order valence-electron chi connectivity index (χ2n) is 3.54. The fourth-order valence-corrected chi connectivity index (χ4v) is 2.40. The van der Waals surface area contributed by atoms with Crippen molar-refractivity contribution < 1.29 is 0 Å². The number of nitrogens with one attached hydrogen (secondary N) is 1. The number of nitrogens with zero attached hydrogens (tertiary/aromatic N) is 2. The van der Waals surface area contributed by atoms with Crippen LogP contribution in [0.4, 0.5) is 0 Å². The summed E-state index contributed by atoms with van der Waals surface area (Å²) >= 11 is 9.48. The zero-order valence-electron chi connectivity index (χ0n) is 9.70. The van der Waals surface area contributed by atoms with Gasteiger partial charge in [-0.05, 0) is 41.0 Å². The normalized spacial score (nSPS) is 10.2. The van der Waals surface area contributed by atoms with Crippen LogP contribution in [-0.4, -0.2) is 16.2 Å². The summed E-state index contributed by atoms with van der Waals surface area (Å²) in [5.74, 6) is 0. The van der Waals surface area contributed by atoms with Gasteiger partial charge in [-0.25, -0.2) is 4.98 Å². The Balaban J connectivity index is 2.73. The second kappa shape index (κ2) is 5.94. The lowest BCUT2D eigenvalue weighted by Crippen LogP contribution is -2.14. The van der Waals surface area contributed by atoms with E-state index >= 15 is 0 Å². The standard InChI is InChI=1S/C12H7ClIN3OS/c1-19-12-16-10(7(5-15)11(18)17-12)6-2-3-9(14)8(13)4-6/h2-4H,1H3,(H,16,17,18). The molecule has 2 aromatic rings. The van der Waals surface area contributed by atoms with E-state index in [9.17, 15) is 4.79 Å². The van der Waals surface area contributed by atoms with Crippen molar-refractivity contribution in [2.75, 3.05) is 6.26 Å². The lowest BCUT2D eigenvalue weighted by molar-refractivity contribution is 0.937. The van der Waals surface area contributed by atoms with E-state index < -0.39 is 5.56 Å². The molecule has 4 nitrogen and oxygen atoms in total. The monoisotopic (exact) mass is 403 g/mol. The molecule has 19 heavy (non-hydrogen) atoms. The van der Waals surface area contributed by atoms with Gasteiger partial charge >= 0.3 is 0 Å².